The lowest BCUT2D eigenvalue weighted by molar-refractivity contribution is 1.21. The monoisotopic (exact) mass is 270 g/mol. The second kappa shape index (κ2) is 4.92. The maximum absolute atomic E-state index is 9.67. The van der Waals surface area contributed by atoms with Crippen LogP contribution in [0.15, 0.2) is 24.3 Å². The average molecular weight is 271 g/mol. The predicted octanol–water partition coefficient (Wildman–Crippen LogP) is 2.33. The first-order valence-electron chi connectivity index (χ1n) is 5.17. The minimum Gasteiger partial charge on any atom is -0.399 e. The van der Waals surface area contributed by atoms with Gasteiger partial charge in [-0.05, 0) is 24.3 Å². The summed E-state index contributed by atoms with van der Waals surface area (Å²) < 4.78 is 0. The predicted molar refractivity (Wildman–Crippen MR) is 71.7 cm³/mol. The minimum atomic E-state index is -0.595. The molecule has 0 fully saturated rings. The van der Waals surface area contributed by atoms with E-state index >= 15 is 0 Å². The number of benzene rings is 1. The highest BCUT2D eigenvalue weighted by atomic mass is 35.5. The van der Waals surface area contributed by atoms with Gasteiger partial charge in [-0.15, -0.1) is 11.5 Å². The van der Waals surface area contributed by atoms with Crippen LogP contribution in [0.2, 0.25) is 5.02 Å². The molecule has 1 aromatic carbocycles. The number of pyridine rings is 1. The fourth-order valence-corrected chi connectivity index (χ4v) is 1.61. The van der Waals surface area contributed by atoms with Crippen LogP contribution in [0.1, 0.15) is 5.56 Å². The van der Waals surface area contributed by atoms with Crippen molar-refractivity contribution in [1.82, 2.24) is 16.5 Å². The van der Waals surface area contributed by atoms with Crippen LogP contribution in [0.25, 0.3) is 0 Å². The second-order valence-corrected chi connectivity index (χ2v) is 4.06. The van der Waals surface area contributed by atoms with Crippen LogP contribution in [0.4, 0.5) is 28.7 Å². The zero-order valence-electron chi connectivity index (χ0n) is 9.55. The summed E-state index contributed by atoms with van der Waals surface area (Å²) in [5.41, 5.74) is 25.0. The summed E-state index contributed by atoms with van der Waals surface area (Å²) in [6, 6.07) is 8.30. The van der Waals surface area contributed by atoms with Gasteiger partial charge in [-0.1, -0.05) is 11.6 Å². The molecular formula is C12H7ClN6. The molecule has 92 valence electrons. The highest BCUT2D eigenvalue weighted by Gasteiger charge is 2.17. The van der Waals surface area contributed by atoms with Gasteiger partial charge in [-0.3, -0.25) is 0 Å². The Kier molecular flexibility index (Phi) is 3.31. The van der Waals surface area contributed by atoms with Gasteiger partial charge in [0.25, 0.3) is 0 Å². The maximum atomic E-state index is 9.67. The van der Waals surface area contributed by atoms with Crippen LogP contribution in [-0.4, -0.2) is 4.98 Å². The van der Waals surface area contributed by atoms with E-state index in [2.05, 4.69) is 10.3 Å². The number of nitrogens with zero attached hydrogens (tertiary/aromatic N) is 4. The van der Waals surface area contributed by atoms with Crippen molar-refractivity contribution < 1.29 is 0 Å². The molecule has 6 nitrogen and oxygen atoms in total. The first-order valence-corrected chi connectivity index (χ1v) is 5.55. The summed E-state index contributed by atoms with van der Waals surface area (Å²) in [4.78, 5) is 3.72. The Morgan fingerprint density at radius 2 is 1.84 bits per heavy atom. The molecule has 4 radical (unpaired) electrons. The van der Waals surface area contributed by atoms with Crippen molar-refractivity contribution in [3.63, 3.8) is 0 Å². The standard InChI is InChI=1S/C12H7ClN6/c13-9-10(16)8(5-14)11(17)19-12(9)18-7-3-1-6(15)2-4-7/h1-4H,15H2,(H,18,19). The van der Waals surface area contributed by atoms with Gasteiger partial charge in [-0.25, -0.2) is 4.98 Å². The number of hydrogen-bond acceptors (Lipinski definition) is 4. The normalized spacial score (nSPS) is 9.89. The van der Waals surface area contributed by atoms with Gasteiger partial charge in [0, 0.05) is 11.4 Å². The number of anilines is 3. The van der Waals surface area contributed by atoms with Crippen molar-refractivity contribution in [2.75, 3.05) is 11.1 Å². The van der Waals surface area contributed by atoms with Crippen molar-refractivity contribution in [1.29, 1.82) is 5.26 Å². The molecule has 0 aliphatic carbocycles. The minimum absolute atomic E-state index is 0.0421. The third-order valence-electron chi connectivity index (χ3n) is 2.38. The SMILES string of the molecule is [N]c1nc(Nc2ccc(N)cc2)c(Cl)c([N])c1C#N. The maximum Gasteiger partial charge on any atom is 0.196 e. The summed E-state index contributed by atoms with van der Waals surface area (Å²) in [5.74, 6) is -0.553. The van der Waals surface area contributed by atoms with Crippen LogP contribution >= 0.6 is 11.6 Å². The second-order valence-electron chi connectivity index (χ2n) is 3.68. The Morgan fingerprint density at radius 3 is 2.42 bits per heavy atom. The van der Waals surface area contributed by atoms with Gasteiger partial charge in [0.15, 0.2) is 11.6 Å². The van der Waals surface area contributed by atoms with Crippen LogP contribution < -0.4 is 22.5 Å². The van der Waals surface area contributed by atoms with E-state index in [1.165, 1.54) is 0 Å². The number of rotatable bonds is 2. The van der Waals surface area contributed by atoms with Crippen LogP contribution in [0.5, 0.6) is 0 Å². The molecule has 3 N–H and O–H groups in total. The van der Waals surface area contributed by atoms with Crippen LogP contribution in [-0.2, 0) is 0 Å². The van der Waals surface area contributed by atoms with Crippen LogP contribution in [0, 0.1) is 11.3 Å². The Bertz CT molecular complexity index is 659. The molecule has 0 unspecified atom stereocenters. The van der Waals surface area contributed by atoms with Crippen molar-refractivity contribution >= 4 is 40.3 Å². The number of halogens is 1. The summed E-state index contributed by atoms with van der Waals surface area (Å²) >= 11 is 5.87. The highest BCUT2D eigenvalue weighted by molar-refractivity contribution is 6.35. The van der Waals surface area contributed by atoms with Crippen molar-refractivity contribution in [3.05, 3.63) is 34.9 Å². The molecule has 0 bridgehead atoms. The van der Waals surface area contributed by atoms with Gasteiger partial charge in [-0.2, -0.15) is 5.26 Å². The van der Waals surface area contributed by atoms with Crippen molar-refractivity contribution in [3.8, 4) is 6.07 Å². The third kappa shape index (κ3) is 2.46. The zero-order valence-corrected chi connectivity index (χ0v) is 10.3. The molecule has 0 amide bonds. The topological polar surface area (TPSA) is 119 Å². The summed E-state index contributed by atoms with van der Waals surface area (Å²) in [7, 11) is 0. The molecule has 0 spiro atoms. The Hall–Kier alpha value is -2.65. The molecule has 2 rings (SSSR count). The Balaban J connectivity index is 2.42. The highest BCUT2D eigenvalue weighted by Crippen LogP contribution is 2.35. The lowest BCUT2D eigenvalue weighted by Gasteiger charge is -2.09. The lowest BCUT2D eigenvalue weighted by atomic mass is 10.2. The number of aromatic nitrogens is 1. The Morgan fingerprint density at radius 1 is 1.21 bits per heavy atom. The number of nitrogens with two attached hydrogens (primary N) is 1. The van der Waals surface area contributed by atoms with Gasteiger partial charge >= 0.3 is 0 Å². The molecule has 0 aliphatic heterocycles. The molecule has 0 aliphatic rings. The van der Waals surface area contributed by atoms with Gasteiger partial charge in [0.1, 0.15) is 22.3 Å². The summed E-state index contributed by atoms with van der Waals surface area (Å²) in [6.07, 6.45) is 0. The fourth-order valence-electron chi connectivity index (χ4n) is 1.43. The van der Waals surface area contributed by atoms with Gasteiger partial charge < -0.3 is 11.1 Å². The van der Waals surface area contributed by atoms with E-state index in [1.54, 1.807) is 30.3 Å². The molecule has 19 heavy (non-hydrogen) atoms. The smallest absolute Gasteiger partial charge is 0.196 e. The van der Waals surface area contributed by atoms with E-state index in [-0.39, 0.29) is 16.4 Å². The molecule has 7 heteroatoms. The van der Waals surface area contributed by atoms with E-state index in [1.807, 2.05) is 0 Å². The van der Waals surface area contributed by atoms with Gasteiger partial charge in [0.05, 0.1) is 0 Å². The molecule has 0 saturated carbocycles. The fraction of sp³-hybridized carbons (Fsp3) is 0. The molecule has 1 aromatic heterocycles. The van der Waals surface area contributed by atoms with Crippen LogP contribution in [0.3, 0.4) is 0 Å². The zero-order chi connectivity index (χ0) is 14.0. The molecule has 0 saturated heterocycles. The molecule has 1 heterocycles. The number of nitrogen functional groups attached to an aromatic ring is 1. The molecule has 2 aromatic rings. The third-order valence-corrected chi connectivity index (χ3v) is 2.74. The number of hydrogen-bond donors (Lipinski definition) is 2. The summed E-state index contributed by atoms with van der Waals surface area (Å²) in [6.45, 7) is 0. The molecule has 0 atom stereocenters. The average Bonchev–Trinajstić information content (AvgIpc) is 2.39. The van der Waals surface area contributed by atoms with Gasteiger partial charge in [0.2, 0.25) is 0 Å². The first kappa shape index (κ1) is 12.8. The Labute approximate surface area is 114 Å². The first-order chi connectivity index (χ1) is 9.02. The largest absolute Gasteiger partial charge is 0.399 e. The van der Waals surface area contributed by atoms with E-state index < -0.39 is 11.5 Å². The van der Waals surface area contributed by atoms with E-state index in [4.69, 9.17) is 22.6 Å². The quantitative estimate of drug-likeness (QED) is 0.814. The summed E-state index contributed by atoms with van der Waals surface area (Å²) in [5, 5.41) is 11.4. The lowest BCUT2D eigenvalue weighted by Crippen LogP contribution is -1.99. The number of nitriles is 1. The van der Waals surface area contributed by atoms with Crippen molar-refractivity contribution in [2.45, 2.75) is 0 Å². The van der Waals surface area contributed by atoms with E-state index in [0.29, 0.717) is 11.4 Å². The molecular weight excluding hydrogens is 264 g/mol. The van der Waals surface area contributed by atoms with E-state index in [0.717, 1.165) is 0 Å². The van der Waals surface area contributed by atoms with Crippen molar-refractivity contribution in [2.24, 2.45) is 0 Å². The van der Waals surface area contributed by atoms with E-state index in [9.17, 15) is 11.5 Å². The number of nitrogens with one attached hydrogen (secondary N) is 1.